The van der Waals surface area contributed by atoms with E-state index in [1.54, 1.807) is 18.2 Å². The lowest BCUT2D eigenvalue weighted by molar-refractivity contribution is 0.104. The van der Waals surface area contributed by atoms with Gasteiger partial charge in [0.15, 0.2) is 5.78 Å². The smallest absolute Gasteiger partial charge is 0.185 e. The molecule has 0 radical (unpaired) electrons. The third kappa shape index (κ3) is 4.86. The van der Waals surface area contributed by atoms with Gasteiger partial charge in [-0.2, -0.15) is 0 Å². The van der Waals surface area contributed by atoms with Crippen molar-refractivity contribution in [2.75, 3.05) is 0 Å². The van der Waals surface area contributed by atoms with E-state index in [4.69, 9.17) is 20.8 Å². The van der Waals surface area contributed by atoms with Crippen LogP contribution >= 0.6 is 11.6 Å². The molecule has 0 N–H and O–H groups in total. The van der Waals surface area contributed by atoms with Gasteiger partial charge in [-0.05, 0) is 85.7 Å². The van der Waals surface area contributed by atoms with E-state index < -0.39 is 0 Å². The van der Waals surface area contributed by atoms with Gasteiger partial charge in [0.1, 0.15) is 29.7 Å². The number of carbonyl (C=O) groups is 1. The molecule has 0 saturated carbocycles. The third-order valence-electron chi connectivity index (χ3n) is 4.00. The second-order valence-corrected chi connectivity index (χ2v) is 6.55. The summed E-state index contributed by atoms with van der Waals surface area (Å²) in [5.41, 5.74) is 2.32. The summed E-state index contributed by atoms with van der Waals surface area (Å²) in [6.45, 7) is 4.12. The van der Waals surface area contributed by atoms with E-state index in [9.17, 15) is 9.18 Å². The van der Waals surface area contributed by atoms with Crippen LogP contribution in [0.5, 0.6) is 5.75 Å². The Bertz CT molecular complexity index is 964. The minimum Gasteiger partial charge on any atom is -0.486 e. The second kappa shape index (κ2) is 8.23. The minimum atomic E-state index is -0.378. The Hall–Kier alpha value is -2.85. The average molecular weight is 385 g/mol. The van der Waals surface area contributed by atoms with Crippen LogP contribution in [0.3, 0.4) is 0 Å². The van der Waals surface area contributed by atoms with Gasteiger partial charge < -0.3 is 9.15 Å². The lowest BCUT2D eigenvalue weighted by atomic mass is 10.1. The van der Waals surface area contributed by atoms with Crippen molar-refractivity contribution in [1.29, 1.82) is 0 Å². The normalized spacial score (nSPS) is 11.1. The van der Waals surface area contributed by atoms with Crippen LogP contribution in [0.15, 0.2) is 59.0 Å². The van der Waals surface area contributed by atoms with Crippen LogP contribution in [-0.2, 0) is 6.61 Å². The van der Waals surface area contributed by atoms with Crippen LogP contribution < -0.4 is 4.74 Å². The molecule has 3 nitrogen and oxygen atoms in total. The van der Waals surface area contributed by atoms with Gasteiger partial charge >= 0.3 is 0 Å². The molecule has 3 rings (SSSR count). The van der Waals surface area contributed by atoms with Gasteiger partial charge in [-0.15, -0.1) is 0 Å². The molecule has 0 amide bonds. The molecule has 0 fully saturated rings. The highest BCUT2D eigenvalue weighted by molar-refractivity contribution is 6.32. The van der Waals surface area contributed by atoms with Gasteiger partial charge in [0.25, 0.3) is 0 Å². The standard InChI is InChI=1S/C22H18ClFO3/c1-14-11-20(12-15(2)22(14)23)26-13-19-8-7-18(27-19)9-10-21(25)16-3-5-17(24)6-4-16/h3-12H,13H2,1-2H3/b10-9+. The van der Waals surface area contributed by atoms with Crippen molar-refractivity contribution < 1.29 is 18.3 Å². The molecular weight excluding hydrogens is 367 g/mol. The van der Waals surface area contributed by atoms with E-state index in [0.717, 1.165) is 21.9 Å². The van der Waals surface area contributed by atoms with Gasteiger partial charge in [0.2, 0.25) is 0 Å². The fourth-order valence-electron chi connectivity index (χ4n) is 2.57. The molecule has 0 aliphatic heterocycles. The topological polar surface area (TPSA) is 39.4 Å². The van der Waals surface area contributed by atoms with E-state index in [0.29, 0.717) is 17.1 Å². The highest BCUT2D eigenvalue weighted by Crippen LogP contribution is 2.26. The predicted octanol–water partition coefficient (Wildman–Crippen LogP) is 6.16. The Labute approximate surface area is 162 Å². The molecule has 27 heavy (non-hydrogen) atoms. The Morgan fingerprint density at radius 1 is 1.11 bits per heavy atom. The summed E-state index contributed by atoms with van der Waals surface area (Å²) in [5.74, 6) is 1.28. The summed E-state index contributed by atoms with van der Waals surface area (Å²) in [7, 11) is 0. The van der Waals surface area contributed by atoms with Gasteiger partial charge in [-0.25, -0.2) is 4.39 Å². The number of benzene rings is 2. The Morgan fingerprint density at radius 3 is 2.44 bits per heavy atom. The molecule has 138 valence electrons. The summed E-state index contributed by atoms with van der Waals surface area (Å²) in [6, 6.07) is 12.7. The number of allylic oxidation sites excluding steroid dienone is 1. The zero-order chi connectivity index (χ0) is 19.4. The van der Waals surface area contributed by atoms with E-state index >= 15 is 0 Å². The minimum absolute atomic E-state index is 0.226. The summed E-state index contributed by atoms with van der Waals surface area (Å²) >= 11 is 6.15. The molecule has 0 spiro atoms. The molecule has 0 aliphatic rings. The third-order valence-corrected chi connectivity index (χ3v) is 4.60. The van der Waals surface area contributed by atoms with Crippen molar-refractivity contribution in [2.45, 2.75) is 20.5 Å². The van der Waals surface area contributed by atoms with E-state index in [1.165, 1.54) is 30.3 Å². The number of hydrogen-bond donors (Lipinski definition) is 0. The van der Waals surface area contributed by atoms with Crippen LogP contribution in [0, 0.1) is 19.7 Å². The van der Waals surface area contributed by atoms with E-state index in [-0.39, 0.29) is 18.2 Å². The number of furan rings is 1. The summed E-state index contributed by atoms with van der Waals surface area (Å²) in [5, 5.41) is 0.735. The van der Waals surface area contributed by atoms with Crippen molar-refractivity contribution in [3.05, 3.63) is 93.7 Å². The number of rotatable bonds is 6. The first-order valence-electron chi connectivity index (χ1n) is 8.38. The van der Waals surface area contributed by atoms with E-state index in [2.05, 4.69) is 0 Å². The molecule has 2 aromatic carbocycles. The first-order valence-corrected chi connectivity index (χ1v) is 8.76. The maximum Gasteiger partial charge on any atom is 0.185 e. The zero-order valence-electron chi connectivity index (χ0n) is 15.0. The second-order valence-electron chi connectivity index (χ2n) is 6.17. The van der Waals surface area contributed by atoms with Crippen LogP contribution in [0.25, 0.3) is 6.08 Å². The van der Waals surface area contributed by atoms with Crippen molar-refractivity contribution >= 4 is 23.5 Å². The Morgan fingerprint density at radius 2 is 1.78 bits per heavy atom. The lowest BCUT2D eigenvalue weighted by Gasteiger charge is -2.08. The molecule has 0 atom stereocenters. The monoisotopic (exact) mass is 384 g/mol. The molecular formula is C22H18ClFO3. The predicted molar refractivity (Wildman–Crippen MR) is 104 cm³/mol. The van der Waals surface area contributed by atoms with E-state index in [1.807, 2.05) is 26.0 Å². The van der Waals surface area contributed by atoms with Crippen molar-refractivity contribution in [3.8, 4) is 5.75 Å². The lowest BCUT2D eigenvalue weighted by Crippen LogP contribution is -1.95. The summed E-state index contributed by atoms with van der Waals surface area (Å²) in [4.78, 5) is 12.1. The largest absolute Gasteiger partial charge is 0.486 e. The van der Waals surface area contributed by atoms with Crippen molar-refractivity contribution in [3.63, 3.8) is 0 Å². The number of aryl methyl sites for hydroxylation is 2. The van der Waals surface area contributed by atoms with Crippen LogP contribution in [0.2, 0.25) is 5.02 Å². The fourth-order valence-corrected chi connectivity index (χ4v) is 2.68. The maximum atomic E-state index is 12.9. The number of ether oxygens (including phenoxy) is 1. The molecule has 3 aromatic rings. The van der Waals surface area contributed by atoms with Crippen molar-refractivity contribution in [1.82, 2.24) is 0 Å². The zero-order valence-corrected chi connectivity index (χ0v) is 15.7. The Balaban J connectivity index is 1.61. The first-order chi connectivity index (χ1) is 12.9. The number of hydrogen-bond acceptors (Lipinski definition) is 3. The molecule has 0 unspecified atom stereocenters. The molecule has 1 heterocycles. The van der Waals surface area contributed by atoms with Crippen LogP contribution in [-0.4, -0.2) is 5.78 Å². The highest BCUT2D eigenvalue weighted by atomic mass is 35.5. The first kappa shape index (κ1) is 18.9. The fraction of sp³-hybridized carbons (Fsp3) is 0.136. The van der Waals surface area contributed by atoms with Crippen LogP contribution in [0.4, 0.5) is 4.39 Å². The van der Waals surface area contributed by atoms with Gasteiger partial charge in [0, 0.05) is 10.6 Å². The van der Waals surface area contributed by atoms with Gasteiger partial charge in [0.05, 0.1) is 0 Å². The average Bonchev–Trinajstić information content (AvgIpc) is 3.11. The van der Waals surface area contributed by atoms with Crippen LogP contribution in [0.1, 0.15) is 33.0 Å². The SMILES string of the molecule is Cc1cc(OCc2ccc(/C=C/C(=O)c3ccc(F)cc3)o2)cc(C)c1Cl. The van der Waals surface area contributed by atoms with Gasteiger partial charge in [-0.1, -0.05) is 11.6 Å². The molecule has 1 aromatic heterocycles. The highest BCUT2D eigenvalue weighted by Gasteiger charge is 2.06. The molecule has 0 aliphatic carbocycles. The summed E-state index contributed by atoms with van der Waals surface area (Å²) in [6.07, 6.45) is 2.97. The number of ketones is 1. The Kier molecular flexibility index (Phi) is 5.77. The molecule has 5 heteroatoms. The van der Waals surface area contributed by atoms with Crippen molar-refractivity contribution in [2.24, 2.45) is 0 Å². The number of carbonyl (C=O) groups excluding carboxylic acids is 1. The molecule has 0 bridgehead atoms. The summed E-state index contributed by atoms with van der Waals surface area (Å²) < 4.78 is 24.3. The number of halogens is 2. The van der Waals surface area contributed by atoms with Gasteiger partial charge in [-0.3, -0.25) is 4.79 Å². The quantitative estimate of drug-likeness (QED) is 0.377. The maximum absolute atomic E-state index is 12.9. The molecule has 0 saturated heterocycles.